The van der Waals surface area contributed by atoms with Gasteiger partial charge in [-0.1, -0.05) is 66.2 Å². The Balaban J connectivity index is -0.000000231. The minimum absolute atomic E-state index is 0.375. The second-order valence-electron chi connectivity index (χ2n) is 5.47. The molecule has 0 fully saturated rings. The van der Waals surface area contributed by atoms with E-state index in [4.69, 9.17) is 34.8 Å². The number of halogens is 3. The summed E-state index contributed by atoms with van der Waals surface area (Å²) < 4.78 is 0. The molecule has 0 radical (unpaired) electrons. The highest BCUT2D eigenvalue weighted by Gasteiger charge is 1.95. The lowest BCUT2D eigenvalue weighted by Gasteiger charge is -1.99. The average Bonchev–Trinajstić information content (AvgIpc) is 2.47. The topological polar surface area (TPSA) is 0 Å². The SMILES string of the molecule is CCCC(Cl)CC.CCCCC(C)Cl.CCCCCCCl. The van der Waals surface area contributed by atoms with Crippen molar-refractivity contribution in [1.29, 1.82) is 0 Å². The zero-order valence-electron chi connectivity index (χ0n) is 15.1. The summed E-state index contributed by atoms with van der Waals surface area (Å²) in [6.45, 7) is 10.7. The van der Waals surface area contributed by atoms with Crippen LogP contribution in [0.4, 0.5) is 0 Å². The molecule has 2 unspecified atom stereocenters. The molecule has 0 aliphatic rings. The van der Waals surface area contributed by atoms with Gasteiger partial charge in [0.2, 0.25) is 0 Å². The summed E-state index contributed by atoms with van der Waals surface area (Å²) >= 11 is 16.9. The molecule has 0 aromatic heterocycles. The minimum atomic E-state index is 0.375. The first-order valence-corrected chi connectivity index (χ1v) is 10.2. The molecule has 0 rings (SSSR count). The number of unbranched alkanes of at least 4 members (excludes halogenated alkanes) is 4. The summed E-state index contributed by atoms with van der Waals surface area (Å²) in [7, 11) is 0. The first-order valence-electron chi connectivity index (χ1n) is 8.83. The number of rotatable bonds is 10. The summed E-state index contributed by atoms with van der Waals surface area (Å²) in [5, 5.41) is 0.796. The van der Waals surface area contributed by atoms with Crippen molar-refractivity contribution in [1.82, 2.24) is 0 Å². The number of hydrogen-bond donors (Lipinski definition) is 0. The summed E-state index contributed by atoms with van der Waals surface area (Å²) in [5.41, 5.74) is 0. The number of hydrogen-bond acceptors (Lipinski definition) is 0. The van der Waals surface area contributed by atoms with Crippen molar-refractivity contribution < 1.29 is 0 Å². The monoisotopic (exact) mass is 360 g/mol. The quantitative estimate of drug-likeness (QED) is 0.270. The highest BCUT2D eigenvalue weighted by atomic mass is 35.5. The van der Waals surface area contributed by atoms with Crippen LogP contribution in [0.15, 0.2) is 0 Å². The highest BCUT2D eigenvalue weighted by molar-refractivity contribution is 6.20. The summed E-state index contributed by atoms with van der Waals surface area (Å²) in [5.74, 6) is 0.833. The van der Waals surface area contributed by atoms with Crippen LogP contribution in [-0.2, 0) is 0 Å². The first kappa shape index (κ1) is 26.8. The molecule has 0 aliphatic heterocycles. The minimum Gasteiger partial charge on any atom is -0.127 e. The van der Waals surface area contributed by atoms with Crippen molar-refractivity contribution >= 4 is 34.8 Å². The molecule has 0 amide bonds. The maximum absolute atomic E-state index is 5.77. The molecule has 0 heterocycles. The third kappa shape index (κ3) is 38.6. The van der Waals surface area contributed by atoms with E-state index >= 15 is 0 Å². The van der Waals surface area contributed by atoms with Crippen molar-refractivity contribution in [3.8, 4) is 0 Å². The molecule has 0 spiro atoms. The Morgan fingerprint density at radius 1 is 0.714 bits per heavy atom. The zero-order chi connectivity index (χ0) is 16.9. The lowest BCUT2D eigenvalue weighted by atomic mass is 10.2. The summed E-state index contributed by atoms with van der Waals surface area (Å²) in [4.78, 5) is 0. The molecule has 0 aliphatic carbocycles. The predicted molar refractivity (Wildman–Crippen MR) is 105 cm³/mol. The van der Waals surface area contributed by atoms with Crippen LogP contribution in [0, 0.1) is 0 Å². The maximum atomic E-state index is 5.77. The van der Waals surface area contributed by atoms with Crippen LogP contribution in [-0.4, -0.2) is 16.6 Å². The Hall–Kier alpha value is 0.870. The van der Waals surface area contributed by atoms with Gasteiger partial charge in [-0.15, -0.1) is 34.8 Å². The lowest BCUT2D eigenvalue weighted by molar-refractivity contribution is 0.705. The molecular weight excluding hydrogens is 323 g/mol. The Labute approximate surface area is 150 Å². The van der Waals surface area contributed by atoms with Gasteiger partial charge in [0.1, 0.15) is 0 Å². The van der Waals surface area contributed by atoms with Gasteiger partial charge in [-0.25, -0.2) is 0 Å². The predicted octanol–water partition coefficient (Wildman–Crippen LogP) is 8.41. The standard InChI is InChI=1S/3C6H13Cl/c1-3-4-5-6(2)7;1-3-5-6(7)4-2;1-2-3-4-5-6-7/h2*6H,3-5H2,1-2H3;2-6H2,1H3. The number of alkyl halides is 3. The largest absolute Gasteiger partial charge is 0.127 e. The molecule has 21 heavy (non-hydrogen) atoms. The van der Waals surface area contributed by atoms with Crippen molar-refractivity contribution in [2.75, 3.05) is 5.88 Å². The van der Waals surface area contributed by atoms with E-state index in [-0.39, 0.29) is 0 Å². The van der Waals surface area contributed by atoms with Crippen LogP contribution in [0.25, 0.3) is 0 Å². The van der Waals surface area contributed by atoms with E-state index in [9.17, 15) is 0 Å². The Bertz CT molecular complexity index is 145. The van der Waals surface area contributed by atoms with Crippen LogP contribution in [0.5, 0.6) is 0 Å². The smallest absolute Gasteiger partial charge is 0.0333 e. The van der Waals surface area contributed by atoms with E-state index in [2.05, 4.69) is 27.7 Å². The molecule has 132 valence electrons. The molecule has 0 nitrogen and oxygen atoms in total. The first-order chi connectivity index (χ1) is 9.99. The van der Waals surface area contributed by atoms with Crippen molar-refractivity contribution in [3.63, 3.8) is 0 Å². The molecule has 0 N–H and O–H groups in total. The molecule has 0 saturated heterocycles. The molecule has 0 saturated carbocycles. The molecule has 3 heteroatoms. The Morgan fingerprint density at radius 2 is 1.29 bits per heavy atom. The van der Waals surface area contributed by atoms with Crippen molar-refractivity contribution in [3.05, 3.63) is 0 Å². The maximum Gasteiger partial charge on any atom is 0.0333 e. The fraction of sp³-hybridized carbons (Fsp3) is 1.00. The van der Waals surface area contributed by atoms with E-state index in [0.717, 1.165) is 25.1 Å². The van der Waals surface area contributed by atoms with Crippen LogP contribution >= 0.6 is 34.8 Å². The van der Waals surface area contributed by atoms with Gasteiger partial charge in [0, 0.05) is 16.6 Å². The average molecular weight is 362 g/mol. The second-order valence-corrected chi connectivity index (χ2v) is 7.21. The van der Waals surface area contributed by atoms with Crippen molar-refractivity contribution in [2.45, 2.75) is 110 Å². The van der Waals surface area contributed by atoms with Crippen molar-refractivity contribution in [2.24, 2.45) is 0 Å². The fourth-order valence-electron chi connectivity index (χ4n) is 1.52. The van der Waals surface area contributed by atoms with E-state index in [1.54, 1.807) is 0 Å². The Morgan fingerprint density at radius 3 is 1.52 bits per heavy atom. The highest BCUT2D eigenvalue weighted by Crippen LogP contribution is 2.07. The third-order valence-corrected chi connectivity index (χ3v) is 4.00. The molecule has 0 aromatic rings. The van der Waals surface area contributed by atoms with Gasteiger partial charge in [0.15, 0.2) is 0 Å². The van der Waals surface area contributed by atoms with Gasteiger partial charge >= 0.3 is 0 Å². The second kappa shape index (κ2) is 25.8. The van der Waals surface area contributed by atoms with E-state index in [1.165, 1.54) is 44.9 Å². The molecular formula is C18H39Cl3. The zero-order valence-corrected chi connectivity index (χ0v) is 17.3. The lowest BCUT2D eigenvalue weighted by Crippen LogP contribution is -1.92. The summed E-state index contributed by atoms with van der Waals surface area (Å²) in [6, 6.07) is 0. The van der Waals surface area contributed by atoms with E-state index in [1.807, 2.05) is 6.92 Å². The fourth-order valence-corrected chi connectivity index (χ4v) is 2.09. The van der Waals surface area contributed by atoms with Crippen LogP contribution < -0.4 is 0 Å². The van der Waals surface area contributed by atoms with Gasteiger partial charge < -0.3 is 0 Å². The third-order valence-electron chi connectivity index (χ3n) is 2.99. The normalized spacial score (nSPS) is 12.6. The van der Waals surface area contributed by atoms with Gasteiger partial charge in [-0.3, -0.25) is 0 Å². The molecule has 0 bridgehead atoms. The van der Waals surface area contributed by atoms with E-state index < -0.39 is 0 Å². The molecule has 2 atom stereocenters. The summed E-state index contributed by atoms with van der Waals surface area (Å²) in [6.07, 6.45) is 12.3. The Kier molecular flexibility index (Phi) is 32.9. The van der Waals surface area contributed by atoms with Gasteiger partial charge in [-0.05, 0) is 32.6 Å². The van der Waals surface area contributed by atoms with Gasteiger partial charge in [0.05, 0.1) is 0 Å². The van der Waals surface area contributed by atoms with Gasteiger partial charge in [-0.2, -0.15) is 0 Å². The molecule has 0 aromatic carbocycles. The van der Waals surface area contributed by atoms with E-state index in [0.29, 0.717) is 10.8 Å². The van der Waals surface area contributed by atoms with Crippen LogP contribution in [0.2, 0.25) is 0 Å². The van der Waals surface area contributed by atoms with Gasteiger partial charge in [0.25, 0.3) is 0 Å². The van der Waals surface area contributed by atoms with Crippen LogP contribution in [0.1, 0.15) is 98.8 Å². The van der Waals surface area contributed by atoms with Crippen LogP contribution in [0.3, 0.4) is 0 Å².